The zero-order chi connectivity index (χ0) is 15.5. The number of hydrogen-bond donors (Lipinski definition) is 0. The van der Waals surface area contributed by atoms with Crippen LogP contribution in [0.3, 0.4) is 0 Å². The summed E-state index contributed by atoms with van der Waals surface area (Å²) in [5.74, 6) is 1.59. The van der Waals surface area contributed by atoms with Crippen molar-refractivity contribution in [3.8, 4) is 11.5 Å². The van der Waals surface area contributed by atoms with E-state index in [2.05, 4.69) is 0 Å². The van der Waals surface area contributed by atoms with Gasteiger partial charge in [0.2, 0.25) is 11.8 Å². The van der Waals surface area contributed by atoms with E-state index in [1.807, 2.05) is 23.1 Å². The third-order valence-electron chi connectivity index (χ3n) is 4.04. The van der Waals surface area contributed by atoms with Crippen LogP contribution in [-0.4, -0.2) is 61.0 Å². The van der Waals surface area contributed by atoms with Crippen LogP contribution in [0.15, 0.2) is 18.2 Å². The van der Waals surface area contributed by atoms with Crippen LogP contribution < -0.4 is 9.47 Å². The molecule has 118 valence electrons. The van der Waals surface area contributed by atoms with Crippen LogP contribution in [-0.2, 0) is 16.0 Å². The van der Waals surface area contributed by atoms with Crippen molar-refractivity contribution < 1.29 is 19.1 Å². The highest BCUT2D eigenvalue weighted by Gasteiger charge is 2.22. The molecule has 6 nitrogen and oxygen atoms in total. The lowest BCUT2D eigenvalue weighted by Crippen LogP contribution is -2.50. The molecule has 0 atom stereocenters. The molecule has 0 saturated carbocycles. The lowest BCUT2D eigenvalue weighted by Gasteiger charge is -2.34. The van der Waals surface area contributed by atoms with Crippen LogP contribution in [0.2, 0.25) is 0 Å². The third kappa shape index (κ3) is 3.16. The number of carbonyl (C=O) groups is 2. The fourth-order valence-corrected chi connectivity index (χ4v) is 2.75. The van der Waals surface area contributed by atoms with Gasteiger partial charge in [-0.1, -0.05) is 6.07 Å². The van der Waals surface area contributed by atoms with Crippen LogP contribution in [0.4, 0.5) is 0 Å². The number of ether oxygens (including phenoxy) is 2. The highest BCUT2D eigenvalue weighted by Crippen LogP contribution is 2.30. The van der Waals surface area contributed by atoms with E-state index in [-0.39, 0.29) is 11.8 Å². The van der Waals surface area contributed by atoms with Crippen LogP contribution in [0, 0.1) is 0 Å². The Hall–Kier alpha value is -2.24. The van der Waals surface area contributed by atoms with E-state index in [1.165, 1.54) is 0 Å². The molecule has 0 unspecified atom stereocenters. The summed E-state index contributed by atoms with van der Waals surface area (Å²) in [7, 11) is 0. The Kier molecular flexibility index (Phi) is 4.18. The maximum absolute atomic E-state index is 12.4. The monoisotopic (exact) mass is 304 g/mol. The van der Waals surface area contributed by atoms with Crippen molar-refractivity contribution in [1.29, 1.82) is 0 Å². The Morgan fingerprint density at radius 2 is 1.64 bits per heavy atom. The molecular weight excluding hydrogens is 284 g/mol. The first-order valence-corrected chi connectivity index (χ1v) is 7.55. The molecule has 3 rings (SSSR count). The average Bonchev–Trinajstić information content (AvgIpc) is 2.55. The predicted molar refractivity (Wildman–Crippen MR) is 80.0 cm³/mol. The van der Waals surface area contributed by atoms with Crippen molar-refractivity contribution in [1.82, 2.24) is 9.80 Å². The Morgan fingerprint density at radius 1 is 1.00 bits per heavy atom. The van der Waals surface area contributed by atoms with E-state index in [9.17, 15) is 9.59 Å². The van der Waals surface area contributed by atoms with Crippen LogP contribution >= 0.6 is 0 Å². The van der Waals surface area contributed by atoms with Gasteiger partial charge in [0, 0.05) is 33.1 Å². The normalized spacial score (nSPS) is 17.3. The highest BCUT2D eigenvalue weighted by atomic mass is 16.6. The zero-order valence-electron chi connectivity index (χ0n) is 12.7. The van der Waals surface area contributed by atoms with Crippen molar-refractivity contribution in [2.75, 3.05) is 39.4 Å². The average molecular weight is 304 g/mol. The predicted octanol–water partition coefficient (Wildman–Crippen LogP) is 0.691. The summed E-state index contributed by atoms with van der Waals surface area (Å²) in [5.41, 5.74) is 0.920. The first-order valence-electron chi connectivity index (χ1n) is 7.55. The Bertz CT molecular complexity index is 580. The minimum atomic E-state index is 0.0685. The molecule has 0 spiro atoms. The van der Waals surface area contributed by atoms with E-state index in [0.29, 0.717) is 51.6 Å². The molecule has 22 heavy (non-hydrogen) atoms. The van der Waals surface area contributed by atoms with Gasteiger partial charge in [0.05, 0.1) is 6.42 Å². The van der Waals surface area contributed by atoms with Gasteiger partial charge in [-0.15, -0.1) is 0 Å². The second-order valence-electron chi connectivity index (χ2n) is 5.54. The summed E-state index contributed by atoms with van der Waals surface area (Å²) in [6.45, 7) is 5.09. The van der Waals surface area contributed by atoms with Gasteiger partial charge in [-0.2, -0.15) is 0 Å². The SMILES string of the molecule is CC(=O)N1CCN(C(=O)Cc2ccc3c(c2)OCCO3)CC1. The summed E-state index contributed by atoms with van der Waals surface area (Å²) in [6, 6.07) is 5.63. The minimum absolute atomic E-state index is 0.0685. The quantitative estimate of drug-likeness (QED) is 0.807. The van der Waals surface area contributed by atoms with E-state index in [0.717, 1.165) is 11.3 Å². The fourth-order valence-electron chi connectivity index (χ4n) is 2.75. The molecule has 2 aliphatic rings. The van der Waals surface area contributed by atoms with Gasteiger partial charge in [-0.25, -0.2) is 0 Å². The molecule has 6 heteroatoms. The van der Waals surface area contributed by atoms with Crippen molar-refractivity contribution >= 4 is 11.8 Å². The topological polar surface area (TPSA) is 59.1 Å². The minimum Gasteiger partial charge on any atom is -0.486 e. The molecule has 2 amide bonds. The molecule has 1 saturated heterocycles. The lowest BCUT2D eigenvalue weighted by molar-refractivity contribution is -0.138. The molecule has 1 aromatic rings. The number of rotatable bonds is 2. The number of carbonyl (C=O) groups excluding carboxylic acids is 2. The van der Waals surface area contributed by atoms with Crippen molar-refractivity contribution in [3.63, 3.8) is 0 Å². The van der Waals surface area contributed by atoms with Gasteiger partial charge >= 0.3 is 0 Å². The molecule has 0 radical (unpaired) electrons. The Morgan fingerprint density at radius 3 is 2.32 bits per heavy atom. The third-order valence-corrected chi connectivity index (χ3v) is 4.04. The fraction of sp³-hybridized carbons (Fsp3) is 0.500. The molecule has 0 bridgehead atoms. The zero-order valence-corrected chi connectivity index (χ0v) is 12.7. The summed E-state index contributed by atoms with van der Waals surface area (Å²) in [5, 5.41) is 0. The molecule has 0 aromatic heterocycles. The number of hydrogen-bond acceptors (Lipinski definition) is 4. The maximum atomic E-state index is 12.4. The molecule has 2 heterocycles. The number of nitrogens with zero attached hydrogens (tertiary/aromatic N) is 2. The summed E-state index contributed by atoms with van der Waals surface area (Å²) in [6.07, 6.45) is 0.344. The Balaban J connectivity index is 1.59. The highest BCUT2D eigenvalue weighted by molar-refractivity contribution is 5.79. The molecule has 0 aliphatic carbocycles. The van der Waals surface area contributed by atoms with E-state index in [1.54, 1.807) is 11.8 Å². The molecule has 0 N–H and O–H groups in total. The smallest absolute Gasteiger partial charge is 0.227 e. The summed E-state index contributed by atoms with van der Waals surface area (Å²) < 4.78 is 11.0. The van der Waals surface area contributed by atoms with Gasteiger partial charge in [-0.3, -0.25) is 9.59 Å². The van der Waals surface area contributed by atoms with E-state index < -0.39 is 0 Å². The van der Waals surface area contributed by atoms with E-state index >= 15 is 0 Å². The number of amides is 2. The van der Waals surface area contributed by atoms with Gasteiger partial charge in [0.25, 0.3) is 0 Å². The molecule has 1 aromatic carbocycles. The molecular formula is C16H20N2O4. The molecule has 1 fully saturated rings. The first-order chi connectivity index (χ1) is 10.6. The standard InChI is InChI=1S/C16H20N2O4/c1-12(19)17-4-6-18(7-5-17)16(20)11-13-2-3-14-15(10-13)22-9-8-21-14/h2-3,10H,4-9,11H2,1H3. The number of benzene rings is 1. The largest absolute Gasteiger partial charge is 0.486 e. The lowest BCUT2D eigenvalue weighted by atomic mass is 10.1. The summed E-state index contributed by atoms with van der Waals surface area (Å²) in [4.78, 5) is 27.2. The first kappa shape index (κ1) is 14.7. The second-order valence-corrected chi connectivity index (χ2v) is 5.54. The Labute approximate surface area is 129 Å². The van der Waals surface area contributed by atoms with Crippen molar-refractivity contribution in [2.45, 2.75) is 13.3 Å². The van der Waals surface area contributed by atoms with Gasteiger partial charge in [0.1, 0.15) is 13.2 Å². The van der Waals surface area contributed by atoms with Crippen LogP contribution in [0.1, 0.15) is 12.5 Å². The van der Waals surface area contributed by atoms with Crippen molar-refractivity contribution in [2.24, 2.45) is 0 Å². The summed E-state index contributed by atoms with van der Waals surface area (Å²) >= 11 is 0. The van der Waals surface area contributed by atoms with Gasteiger partial charge in [0.15, 0.2) is 11.5 Å². The van der Waals surface area contributed by atoms with Gasteiger partial charge < -0.3 is 19.3 Å². The maximum Gasteiger partial charge on any atom is 0.227 e. The van der Waals surface area contributed by atoms with E-state index in [4.69, 9.17) is 9.47 Å². The molecule has 2 aliphatic heterocycles. The van der Waals surface area contributed by atoms with Crippen LogP contribution in [0.5, 0.6) is 11.5 Å². The van der Waals surface area contributed by atoms with Gasteiger partial charge in [-0.05, 0) is 17.7 Å². The number of piperazine rings is 1. The number of fused-ring (bicyclic) bond motifs is 1. The van der Waals surface area contributed by atoms with Crippen molar-refractivity contribution in [3.05, 3.63) is 23.8 Å². The van der Waals surface area contributed by atoms with Crippen LogP contribution in [0.25, 0.3) is 0 Å². The second kappa shape index (κ2) is 6.25.